The van der Waals surface area contributed by atoms with E-state index in [1.54, 1.807) is 0 Å². The van der Waals surface area contributed by atoms with Gasteiger partial charge < -0.3 is 10.3 Å². The number of H-pyrrole nitrogens is 1. The summed E-state index contributed by atoms with van der Waals surface area (Å²) < 4.78 is 0. The molecule has 0 aliphatic heterocycles. The van der Waals surface area contributed by atoms with Gasteiger partial charge in [-0.15, -0.1) is 0 Å². The van der Waals surface area contributed by atoms with Gasteiger partial charge in [-0.05, 0) is 54.2 Å². The van der Waals surface area contributed by atoms with Gasteiger partial charge in [-0.25, -0.2) is 0 Å². The van der Waals surface area contributed by atoms with E-state index in [1.165, 1.54) is 35.7 Å². The third kappa shape index (κ3) is 2.84. The molecule has 2 heteroatoms. The van der Waals surface area contributed by atoms with Crippen LogP contribution in [0.1, 0.15) is 38.7 Å². The maximum Gasteiger partial charge on any atom is 0.0457 e. The van der Waals surface area contributed by atoms with E-state index in [0.29, 0.717) is 6.04 Å². The second-order valence-electron chi connectivity index (χ2n) is 6.28. The number of hydrogen-bond donors (Lipinski definition) is 2. The molecule has 0 amide bonds. The van der Waals surface area contributed by atoms with Crippen LogP contribution in [0.25, 0.3) is 10.9 Å². The van der Waals surface area contributed by atoms with Crippen LogP contribution in [0, 0.1) is 11.8 Å². The molecule has 0 saturated heterocycles. The molecule has 0 bridgehead atoms. The average Bonchev–Trinajstić information content (AvgIpc) is 2.85. The van der Waals surface area contributed by atoms with Crippen molar-refractivity contribution in [2.75, 3.05) is 0 Å². The number of aromatic amines is 1. The molecule has 102 valence electrons. The Bertz CT molecular complexity index is 543. The highest BCUT2D eigenvalue weighted by Crippen LogP contribution is 2.28. The standard InChI is InChI=1S/C17H24N2/c1-12-3-6-16(13(2)9-12)19-11-14-4-5-15-7-8-18-17(15)10-14/h4-5,7-8,10,12-13,16,18-19H,3,6,9,11H2,1-2H3. The van der Waals surface area contributed by atoms with E-state index in [9.17, 15) is 0 Å². The third-order valence-electron chi connectivity index (χ3n) is 4.62. The van der Waals surface area contributed by atoms with Gasteiger partial charge in [-0.2, -0.15) is 0 Å². The molecule has 1 aliphatic carbocycles. The van der Waals surface area contributed by atoms with Crippen molar-refractivity contribution in [3.63, 3.8) is 0 Å². The van der Waals surface area contributed by atoms with Crippen molar-refractivity contribution in [3.8, 4) is 0 Å². The molecule has 1 fully saturated rings. The van der Waals surface area contributed by atoms with Gasteiger partial charge in [-0.3, -0.25) is 0 Å². The number of rotatable bonds is 3. The van der Waals surface area contributed by atoms with Crippen molar-refractivity contribution >= 4 is 10.9 Å². The van der Waals surface area contributed by atoms with E-state index in [-0.39, 0.29) is 0 Å². The van der Waals surface area contributed by atoms with Crippen molar-refractivity contribution < 1.29 is 0 Å². The molecule has 2 N–H and O–H groups in total. The number of benzene rings is 1. The summed E-state index contributed by atoms with van der Waals surface area (Å²) in [5, 5.41) is 5.05. The number of hydrogen-bond acceptors (Lipinski definition) is 1. The normalized spacial score (nSPS) is 27.8. The van der Waals surface area contributed by atoms with Crippen molar-refractivity contribution in [3.05, 3.63) is 36.0 Å². The lowest BCUT2D eigenvalue weighted by Crippen LogP contribution is -2.38. The van der Waals surface area contributed by atoms with E-state index in [1.807, 2.05) is 6.20 Å². The summed E-state index contributed by atoms with van der Waals surface area (Å²) >= 11 is 0. The predicted molar refractivity (Wildman–Crippen MR) is 81.1 cm³/mol. The second-order valence-corrected chi connectivity index (χ2v) is 6.28. The molecular weight excluding hydrogens is 232 g/mol. The van der Waals surface area contributed by atoms with Crippen molar-refractivity contribution in [1.29, 1.82) is 0 Å². The average molecular weight is 256 g/mol. The minimum Gasteiger partial charge on any atom is -0.361 e. The second kappa shape index (κ2) is 5.38. The molecule has 1 heterocycles. The van der Waals surface area contributed by atoms with E-state index < -0.39 is 0 Å². The van der Waals surface area contributed by atoms with Crippen LogP contribution < -0.4 is 5.32 Å². The van der Waals surface area contributed by atoms with Crippen molar-refractivity contribution in [2.45, 2.75) is 45.7 Å². The van der Waals surface area contributed by atoms with E-state index in [4.69, 9.17) is 0 Å². The first-order chi connectivity index (χ1) is 9.22. The molecule has 2 aromatic rings. The highest BCUT2D eigenvalue weighted by atomic mass is 14.9. The maximum absolute atomic E-state index is 3.75. The Morgan fingerprint density at radius 2 is 2.11 bits per heavy atom. The van der Waals surface area contributed by atoms with Gasteiger partial charge in [0.25, 0.3) is 0 Å². The minimum atomic E-state index is 0.690. The fraction of sp³-hybridized carbons (Fsp3) is 0.529. The SMILES string of the molecule is CC1CCC(NCc2ccc3cc[nH]c3c2)C(C)C1. The lowest BCUT2D eigenvalue weighted by atomic mass is 9.80. The van der Waals surface area contributed by atoms with Crippen LogP contribution in [0.5, 0.6) is 0 Å². The summed E-state index contributed by atoms with van der Waals surface area (Å²) in [6, 6.07) is 9.51. The van der Waals surface area contributed by atoms with Crippen LogP contribution in [0.2, 0.25) is 0 Å². The Balaban J connectivity index is 1.62. The minimum absolute atomic E-state index is 0.690. The van der Waals surface area contributed by atoms with E-state index in [0.717, 1.165) is 18.4 Å². The Labute approximate surface area is 115 Å². The molecular formula is C17H24N2. The van der Waals surface area contributed by atoms with E-state index in [2.05, 4.69) is 48.4 Å². The van der Waals surface area contributed by atoms with Crippen LogP contribution >= 0.6 is 0 Å². The van der Waals surface area contributed by atoms with Gasteiger partial charge in [0.15, 0.2) is 0 Å². The summed E-state index contributed by atoms with van der Waals surface area (Å²) in [6.07, 6.45) is 6.07. The lowest BCUT2D eigenvalue weighted by molar-refractivity contribution is 0.227. The summed E-state index contributed by atoms with van der Waals surface area (Å²) in [5.74, 6) is 1.71. The molecule has 1 aliphatic rings. The van der Waals surface area contributed by atoms with Crippen molar-refractivity contribution in [2.24, 2.45) is 11.8 Å². The van der Waals surface area contributed by atoms with Crippen LogP contribution in [-0.4, -0.2) is 11.0 Å². The predicted octanol–water partition coefficient (Wildman–Crippen LogP) is 4.08. The zero-order valence-electron chi connectivity index (χ0n) is 11.9. The molecule has 1 saturated carbocycles. The molecule has 3 atom stereocenters. The van der Waals surface area contributed by atoms with E-state index >= 15 is 0 Å². The van der Waals surface area contributed by atoms with Crippen LogP contribution in [0.3, 0.4) is 0 Å². The molecule has 3 unspecified atom stereocenters. The first-order valence-electron chi connectivity index (χ1n) is 7.52. The zero-order valence-corrected chi connectivity index (χ0v) is 11.9. The quantitative estimate of drug-likeness (QED) is 0.850. The molecule has 1 aromatic carbocycles. The Hall–Kier alpha value is -1.28. The van der Waals surface area contributed by atoms with Crippen LogP contribution in [0.4, 0.5) is 0 Å². The van der Waals surface area contributed by atoms with Gasteiger partial charge in [0.1, 0.15) is 0 Å². The molecule has 19 heavy (non-hydrogen) atoms. The topological polar surface area (TPSA) is 27.8 Å². The number of aromatic nitrogens is 1. The fourth-order valence-electron chi connectivity index (χ4n) is 3.42. The highest BCUT2D eigenvalue weighted by molar-refractivity contribution is 5.79. The first kappa shape index (κ1) is 12.7. The maximum atomic E-state index is 3.75. The van der Waals surface area contributed by atoms with Gasteiger partial charge in [0.2, 0.25) is 0 Å². The van der Waals surface area contributed by atoms with Crippen LogP contribution in [0.15, 0.2) is 30.5 Å². The van der Waals surface area contributed by atoms with Gasteiger partial charge in [0, 0.05) is 24.3 Å². The van der Waals surface area contributed by atoms with Gasteiger partial charge in [0.05, 0.1) is 0 Å². The summed E-state index contributed by atoms with van der Waals surface area (Å²) in [7, 11) is 0. The molecule has 0 radical (unpaired) electrons. The summed E-state index contributed by atoms with van der Waals surface area (Å²) in [5.41, 5.74) is 2.62. The first-order valence-corrected chi connectivity index (χ1v) is 7.52. The zero-order chi connectivity index (χ0) is 13.2. The van der Waals surface area contributed by atoms with Gasteiger partial charge in [-0.1, -0.05) is 26.0 Å². The Morgan fingerprint density at radius 3 is 2.95 bits per heavy atom. The smallest absolute Gasteiger partial charge is 0.0457 e. The highest BCUT2D eigenvalue weighted by Gasteiger charge is 2.24. The van der Waals surface area contributed by atoms with Crippen LogP contribution in [-0.2, 0) is 6.54 Å². The Morgan fingerprint density at radius 1 is 1.21 bits per heavy atom. The summed E-state index contributed by atoms with van der Waals surface area (Å²) in [4.78, 5) is 3.28. The molecule has 0 spiro atoms. The molecule has 1 aromatic heterocycles. The largest absolute Gasteiger partial charge is 0.361 e. The summed E-state index contributed by atoms with van der Waals surface area (Å²) in [6.45, 7) is 5.76. The van der Waals surface area contributed by atoms with Crippen molar-refractivity contribution in [1.82, 2.24) is 10.3 Å². The third-order valence-corrected chi connectivity index (χ3v) is 4.62. The lowest BCUT2D eigenvalue weighted by Gasteiger charge is -2.33. The monoisotopic (exact) mass is 256 g/mol. The molecule has 3 rings (SSSR count). The number of fused-ring (bicyclic) bond motifs is 1. The fourth-order valence-corrected chi connectivity index (χ4v) is 3.42. The van der Waals surface area contributed by atoms with Gasteiger partial charge >= 0.3 is 0 Å². The molecule has 2 nitrogen and oxygen atoms in total. The Kier molecular flexibility index (Phi) is 3.61. The number of nitrogens with one attached hydrogen (secondary N) is 2.